The lowest BCUT2D eigenvalue weighted by molar-refractivity contribution is 0.525. The number of rotatable bonds is 0. The molecule has 0 atom stereocenters. The molecule has 2 aliphatic carbocycles. The highest BCUT2D eigenvalue weighted by Gasteiger charge is 2.10. The molecule has 0 fully saturated rings. The maximum Gasteiger partial charge on any atom is -0.0318 e. The fourth-order valence-corrected chi connectivity index (χ4v) is 4.43. The normalized spacial score (nSPS) is 28.4. The van der Waals surface area contributed by atoms with Crippen LogP contribution in [-0.2, 0) is 0 Å². The second-order valence-electron chi connectivity index (χ2n) is 7.86. The predicted octanol–water partition coefficient (Wildman–Crippen LogP) is 8.11. The van der Waals surface area contributed by atoms with Gasteiger partial charge in [-0.05, 0) is 51.4 Å². The molecular formula is C22H40. The first kappa shape index (κ1) is 18.1. The van der Waals surface area contributed by atoms with Crippen LogP contribution in [0.1, 0.15) is 128 Å². The first-order valence-electron chi connectivity index (χ1n) is 10.7. The molecule has 2 aliphatic rings. The van der Waals surface area contributed by atoms with Crippen molar-refractivity contribution in [2.45, 2.75) is 128 Å². The molecule has 22 heavy (non-hydrogen) atoms. The summed E-state index contributed by atoms with van der Waals surface area (Å²) in [6.07, 6.45) is 29.5. The van der Waals surface area contributed by atoms with Crippen molar-refractivity contribution in [3.63, 3.8) is 0 Å². The molecule has 0 aliphatic heterocycles. The van der Waals surface area contributed by atoms with Gasteiger partial charge >= 0.3 is 0 Å². The summed E-state index contributed by atoms with van der Waals surface area (Å²) < 4.78 is 0. The van der Waals surface area contributed by atoms with Gasteiger partial charge in [0.05, 0.1) is 0 Å². The highest BCUT2D eigenvalue weighted by Crippen LogP contribution is 2.30. The summed E-state index contributed by atoms with van der Waals surface area (Å²) in [5.41, 5.74) is 3.83. The van der Waals surface area contributed by atoms with E-state index in [9.17, 15) is 0 Å². The van der Waals surface area contributed by atoms with E-state index in [4.69, 9.17) is 0 Å². The van der Waals surface area contributed by atoms with Gasteiger partial charge in [0.15, 0.2) is 0 Å². The van der Waals surface area contributed by atoms with E-state index < -0.39 is 0 Å². The first-order chi connectivity index (χ1) is 11.0. The minimum atomic E-state index is 1.44. The maximum atomic E-state index is 1.92. The Hall–Kier alpha value is -0.260. The molecule has 128 valence electrons. The van der Waals surface area contributed by atoms with E-state index in [1.54, 1.807) is 0 Å². The Bertz CT molecular complexity index is 269. The lowest BCUT2D eigenvalue weighted by Crippen LogP contribution is -1.98. The lowest BCUT2D eigenvalue weighted by Gasteiger charge is -2.18. The number of hydrogen-bond donors (Lipinski definition) is 0. The molecule has 0 aromatic heterocycles. The average molecular weight is 305 g/mol. The van der Waals surface area contributed by atoms with E-state index in [1.807, 2.05) is 11.1 Å². The molecule has 0 aromatic rings. The van der Waals surface area contributed by atoms with Gasteiger partial charge in [0.2, 0.25) is 0 Å². The van der Waals surface area contributed by atoms with Crippen LogP contribution in [0.25, 0.3) is 0 Å². The van der Waals surface area contributed by atoms with Crippen LogP contribution in [0.2, 0.25) is 0 Å². The van der Waals surface area contributed by atoms with Crippen molar-refractivity contribution in [1.82, 2.24) is 0 Å². The van der Waals surface area contributed by atoms with Crippen molar-refractivity contribution in [1.29, 1.82) is 0 Å². The van der Waals surface area contributed by atoms with Gasteiger partial charge in [-0.2, -0.15) is 0 Å². The fourth-order valence-electron chi connectivity index (χ4n) is 4.43. The van der Waals surface area contributed by atoms with Gasteiger partial charge in [-0.3, -0.25) is 0 Å². The number of hydrogen-bond acceptors (Lipinski definition) is 0. The maximum absolute atomic E-state index is 1.92. The summed E-state index contributed by atoms with van der Waals surface area (Å²) in [7, 11) is 0. The van der Waals surface area contributed by atoms with E-state index in [2.05, 4.69) is 0 Å². The Labute approximate surface area is 140 Å². The predicted molar refractivity (Wildman–Crippen MR) is 99.4 cm³/mol. The van der Waals surface area contributed by atoms with E-state index in [-0.39, 0.29) is 0 Å². The molecule has 2 rings (SSSR count). The quantitative estimate of drug-likeness (QED) is 0.396. The summed E-state index contributed by atoms with van der Waals surface area (Å²) in [6.45, 7) is 0. The molecule has 0 N–H and O–H groups in total. The van der Waals surface area contributed by atoms with Crippen LogP contribution < -0.4 is 0 Å². The zero-order chi connectivity index (χ0) is 15.3. The van der Waals surface area contributed by atoms with E-state index in [0.29, 0.717) is 0 Å². The molecule has 0 saturated carbocycles. The smallest absolute Gasteiger partial charge is 0.0318 e. The van der Waals surface area contributed by atoms with Gasteiger partial charge in [0.25, 0.3) is 0 Å². The van der Waals surface area contributed by atoms with Crippen LogP contribution in [0.3, 0.4) is 0 Å². The first-order valence-corrected chi connectivity index (χ1v) is 10.7. The minimum absolute atomic E-state index is 1.44. The largest absolute Gasteiger partial charge is 0.0710 e. The SMILES string of the molecule is C1CCCCCC/C2=C(\CCCCC1)CCCCCCCC2. The molecule has 0 saturated heterocycles. The van der Waals surface area contributed by atoms with E-state index in [1.165, 1.54) is 128 Å². The van der Waals surface area contributed by atoms with Crippen LogP contribution in [0.4, 0.5) is 0 Å². The summed E-state index contributed by atoms with van der Waals surface area (Å²) >= 11 is 0. The van der Waals surface area contributed by atoms with Crippen molar-refractivity contribution in [2.75, 3.05) is 0 Å². The Morgan fingerprint density at radius 3 is 0.636 bits per heavy atom. The molecular weight excluding hydrogens is 264 g/mol. The van der Waals surface area contributed by atoms with Gasteiger partial charge in [0.1, 0.15) is 0 Å². The second-order valence-corrected chi connectivity index (χ2v) is 7.86. The van der Waals surface area contributed by atoms with Gasteiger partial charge in [-0.25, -0.2) is 0 Å². The highest BCUT2D eigenvalue weighted by molar-refractivity contribution is 5.15. The van der Waals surface area contributed by atoms with Crippen LogP contribution in [0, 0.1) is 0 Å². The van der Waals surface area contributed by atoms with Crippen molar-refractivity contribution >= 4 is 0 Å². The van der Waals surface area contributed by atoms with Crippen LogP contribution >= 0.6 is 0 Å². The summed E-state index contributed by atoms with van der Waals surface area (Å²) in [4.78, 5) is 0. The van der Waals surface area contributed by atoms with Gasteiger partial charge < -0.3 is 0 Å². The third kappa shape index (κ3) is 7.84. The van der Waals surface area contributed by atoms with Gasteiger partial charge in [-0.15, -0.1) is 0 Å². The van der Waals surface area contributed by atoms with Crippen molar-refractivity contribution in [3.8, 4) is 0 Å². The standard InChI is InChI=1S/C22H40/c1-2-4-6-10-14-18-22-20-16-12-8-7-11-15-19-21(22)17-13-9-5-3-1/h1-20H2/b22-21-. The Kier molecular flexibility index (Phi) is 10.0. The van der Waals surface area contributed by atoms with Crippen molar-refractivity contribution < 1.29 is 0 Å². The van der Waals surface area contributed by atoms with Crippen molar-refractivity contribution in [2.24, 2.45) is 0 Å². The van der Waals surface area contributed by atoms with E-state index >= 15 is 0 Å². The summed E-state index contributed by atoms with van der Waals surface area (Å²) in [6, 6.07) is 0. The number of allylic oxidation sites excluding steroid dienone is 2. The molecule has 0 heterocycles. The molecule has 0 bridgehead atoms. The molecule has 0 radical (unpaired) electrons. The van der Waals surface area contributed by atoms with E-state index in [0.717, 1.165) is 0 Å². The van der Waals surface area contributed by atoms with Crippen LogP contribution in [-0.4, -0.2) is 0 Å². The van der Waals surface area contributed by atoms with Crippen LogP contribution in [0.15, 0.2) is 11.1 Å². The Morgan fingerprint density at radius 1 is 0.227 bits per heavy atom. The zero-order valence-corrected chi connectivity index (χ0v) is 15.1. The second kappa shape index (κ2) is 12.2. The molecule has 0 aromatic carbocycles. The topological polar surface area (TPSA) is 0 Å². The average Bonchev–Trinajstić information content (AvgIpc) is 2.54. The molecule has 0 amide bonds. The molecule has 0 heteroatoms. The minimum Gasteiger partial charge on any atom is -0.0710 e. The molecule has 0 spiro atoms. The Morgan fingerprint density at radius 2 is 0.409 bits per heavy atom. The summed E-state index contributed by atoms with van der Waals surface area (Å²) in [5, 5.41) is 0. The molecule has 0 nitrogen and oxygen atoms in total. The summed E-state index contributed by atoms with van der Waals surface area (Å²) in [5.74, 6) is 0. The Balaban J connectivity index is 1.94. The fraction of sp³-hybridized carbons (Fsp3) is 0.909. The third-order valence-corrected chi connectivity index (χ3v) is 5.91. The highest BCUT2D eigenvalue weighted by atomic mass is 14.2. The van der Waals surface area contributed by atoms with Crippen molar-refractivity contribution in [3.05, 3.63) is 11.1 Å². The molecule has 0 unspecified atom stereocenters. The third-order valence-electron chi connectivity index (χ3n) is 5.91. The zero-order valence-electron chi connectivity index (χ0n) is 15.1. The van der Waals surface area contributed by atoms with Gasteiger partial charge in [0, 0.05) is 0 Å². The van der Waals surface area contributed by atoms with Crippen LogP contribution in [0.5, 0.6) is 0 Å². The lowest BCUT2D eigenvalue weighted by atomic mass is 9.88. The monoisotopic (exact) mass is 304 g/mol. The van der Waals surface area contributed by atoms with Gasteiger partial charge in [-0.1, -0.05) is 88.2 Å².